The van der Waals surface area contributed by atoms with Crippen molar-refractivity contribution in [1.29, 1.82) is 0 Å². The van der Waals surface area contributed by atoms with Crippen LogP contribution in [-0.2, 0) is 16.1 Å². The van der Waals surface area contributed by atoms with Gasteiger partial charge in [-0.15, -0.1) is 4.72 Å². The average Bonchev–Trinajstić information content (AvgIpc) is 2.41. The van der Waals surface area contributed by atoms with Crippen LogP contribution in [0.2, 0.25) is 0 Å². The van der Waals surface area contributed by atoms with Gasteiger partial charge in [0.2, 0.25) is 0 Å². The number of carbonyl (C=O) groups is 1. The summed E-state index contributed by atoms with van der Waals surface area (Å²) in [5.41, 5.74) is 0.915. The van der Waals surface area contributed by atoms with Crippen molar-refractivity contribution in [1.82, 2.24) is 4.72 Å². The first-order valence-corrected chi connectivity index (χ1v) is 9.47. The summed E-state index contributed by atoms with van der Waals surface area (Å²) in [6.07, 6.45) is 0. The summed E-state index contributed by atoms with van der Waals surface area (Å²) in [5.74, 6) is -0.117. The standard InChI is InChI=1S/C19H31NO3S/c1-13(2)16(20-24(22)19(6,7)8)14-10-9-11-15(12-14)17(21)23-18(3,4)5/h9-13,16,20H,1-8H3/t16-,24+/m1/s1. The van der Waals surface area contributed by atoms with E-state index in [1.54, 1.807) is 6.07 Å². The highest BCUT2D eigenvalue weighted by Crippen LogP contribution is 2.27. The highest BCUT2D eigenvalue weighted by Gasteiger charge is 2.31. The first kappa shape index (κ1) is 21.0. The molecule has 1 aromatic rings. The molecule has 0 unspecified atom stereocenters. The van der Waals surface area contributed by atoms with Crippen LogP contribution in [0.1, 0.15) is 77.4 Å². The Morgan fingerprint density at radius 3 is 2.21 bits per heavy atom. The predicted octanol–water partition coefficient (Wildman–Crippen LogP) is 4.39. The van der Waals surface area contributed by atoms with Crippen LogP contribution in [0.15, 0.2) is 24.3 Å². The monoisotopic (exact) mass is 353 g/mol. The highest BCUT2D eigenvalue weighted by atomic mass is 32.2. The molecule has 2 atom stereocenters. The maximum Gasteiger partial charge on any atom is 0.338 e. The Morgan fingerprint density at radius 2 is 1.75 bits per heavy atom. The molecule has 0 heterocycles. The smallest absolute Gasteiger partial charge is 0.338 e. The topological polar surface area (TPSA) is 61.4 Å². The lowest BCUT2D eigenvalue weighted by Gasteiger charge is -2.30. The molecule has 0 amide bonds. The summed E-state index contributed by atoms with van der Waals surface area (Å²) in [4.78, 5) is 12.3. The van der Waals surface area contributed by atoms with E-state index in [0.717, 1.165) is 5.56 Å². The van der Waals surface area contributed by atoms with Crippen molar-refractivity contribution in [3.63, 3.8) is 0 Å². The number of ether oxygens (including phenoxy) is 1. The summed E-state index contributed by atoms with van der Waals surface area (Å²) in [6, 6.07) is 7.26. The van der Waals surface area contributed by atoms with Crippen molar-refractivity contribution in [2.24, 2.45) is 5.92 Å². The zero-order valence-electron chi connectivity index (χ0n) is 16.1. The maximum absolute atomic E-state index is 12.5. The number of esters is 1. The second-order valence-electron chi connectivity index (χ2n) is 8.35. The van der Waals surface area contributed by atoms with Gasteiger partial charge in [0.1, 0.15) is 10.3 Å². The molecule has 0 saturated heterocycles. The number of nitrogens with one attached hydrogen (secondary N) is 1. The van der Waals surface area contributed by atoms with Gasteiger partial charge in [-0.05, 0) is 65.2 Å². The van der Waals surface area contributed by atoms with Gasteiger partial charge in [-0.1, -0.05) is 26.0 Å². The van der Waals surface area contributed by atoms with Crippen molar-refractivity contribution >= 4 is 17.3 Å². The summed E-state index contributed by atoms with van der Waals surface area (Å²) in [5, 5.41) is 0. The molecule has 0 fully saturated rings. The predicted molar refractivity (Wildman–Crippen MR) is 100 cm³/mol. The van der Waals surface area contributed by atoms with Crippen LogP contribution in [0.5, 0.6) is 0 Å². The Morgan fingerprint density at radius 1 is 1.17 bits per heavy atom. The van der Waals surface area contributed by atoms with E-state index in [9.17, 15) is 9.35 Å². The molecule has 0 aliphatic heterocycles. The van der Waals surface area contributed by atoms with E-state index in [1.807, 2.05) is 59.7 Å². The molecule has 136 valence electrons. The number of carbonyl (C=O) groups excluding carboxylic acids is 1. The largest absolute Gasteiger partial charge is 0.598 e. The van der Waals surface area contributed by atoms with Crippen LogP contribution in [-0.4, -0.2) is 20.9 Å². The van der Waals surface area contributed by atoms with Crippen molar-refractivity contribution in [2.75, 3.05) is 0 Å². The molecule has 0 aromatic heterocycles. The Balaban J connectivity index is 3.05. The van der Waals surface area contributed by atoms with E-state index < -0.39 is 17.0 Å². The molecule has 0 spiro atoms. The van der Waals surface area contributed by atoms with Gasteiger partial charge in [-0.25, -0.2) is 4.79 Å². The van der Waals surface area contributed by atoms with Gasteiger partial charge < -0.3 is 9.29 Å². The Hall–Kier alpha value is -1.04. The van der Waals surface area contributed by atoms with E-state index in [2.05, 4.69) is 18.6 Å². The number of rotatable bonds is 5. The minimum Gasteiger partial charge on any atom is -0.598 e. The Labute approximate surface area is 149 Å². The van der Waals surface area contributed by atoms with Crippen LogP contribution >= 0.6 is 0 Å². The summed E-state index contributed by atoms with van der Waals surface area (Å²) in [7, 11) is 0. The fourth-order valence-electron chi connectivity index (χ4n) is 2.08. The molecule has 4 nitrogen and oxygen atoms in total. The molecule has 24 heavy (non-hydrogen) atoms. The number of hydrogen-bond acceptors (Lipinski definition) is 4. The van der Waals surface area contributed by atoms with Crippen LogP contribution in [0.4, 0.5) is 0 Å². The summed E-state index contributed by atoms with van der Waals surface area (Å²) < 4.78 is 20.8. The number of benzene rings is 1. The molecule has 1 aromatic carbocycles. The summed E-state index contributed by atoms with van der Waals surface area (Å²) in [6.45, 7) is 15.5. The van der Waals surface area contributed by atoms with Crippen LogP contribution in [0, 0.1) is 5.92 Å². The third-order valence-electron chi connectivity index (χ3n) is 3.34. The fraction of sp³-hybridized carbons (Fsp3) is 0.632. The van der Waals surface area contributed by atoms with Gasteiger partial charge in [-0.3, -0.25) is 0 Å². The molecule has 5 heteroatoms. The van der Waals surface area contributed by atoms with Gasteiger partial charge in [0.05, 0.1) is 11.6 Å². The zero-order valence-corrected chi connectivity index (χ0v) is 16.9. The molecule has 0 aliphatic rings. The van der Waals surface area contributed by atoms with E-state index in [-0.39, 0.29) is 22.7 Å². The zero-order chi connectivity index (χ0) is 18.7. The minimum atomic E-state index is -1.19. The quantitative estimate of drug-likeness (QED) is 0.630. The molecule has 1 rings (SSSR count). The number of hydrogen-bond donors (Lipinski definition) is 1. The normalized spacial score (nSPS) is 15.2. The van der Waals surface area contributed by atoms with Crippen LogP contribution < -0.4 is 4.72 Å². The molecule has 1 N–H and O–H groups in total. The van der Waals surface area contributed by atoms with E-state index in [4.69, 9.17) is 4.74 Å². The van der Waals surface area contributed by atoms with Crippen molar-refractivity contribution in [2.45, 2.75) is 71.8 Å². The lowest BCUT2D eigenvalue weighted by Crippen LogP contribution is -2.42. The second-order valence-corrected chi connectivity index (χ2v) is 10.3. The van der Waals surface area contributed by atoms with Gasteiger partial charge in [-0.2, -0.15) is 0 Å². The van der Waals surface area contributed by atoms with Gasteiger partial charge in [0.25, 0.3) is 0 Å². The van der Waals surface area contributed by atoms with Gasteiger partial charge >= 0.3 is 5.97 Å². The summed E-state index contributed by atoms with van der Waals surface area (Å²) >= 11 is -1.19. The van der Waals surface area contributed by atoms with Crippen LogP contribution in [0.3, 0.4) is 0 Å². The molecular weight excluding hydrogens is 322 g/mol. The first-order chi connectivity index (χ1) is 10.8. The lowest BCUT2D eigenvalue weighted by atomic mass is 9.95. The second kappa shape index (κ2) is 7.89. The molecule has 0 radical (unpaired) electrons. The van der Waals surface area contributed by atoms with E-state index in [0.29, 0.717) is 5.56 Å². The SMILES string of the molecule is CC(C)[C@@H](N[S@@+]([O-])C(C)(C)C)c1cccc(C(=O)OC(C)(C)C)c1. The third kappa shape index (κ3) is 6.46. The van der Waals surface area contributed by atoms with Gasteiger partial charge in [0.15, 0.2) is 0 Å². The van der Waals surface area contributed by atoms with Crippen molar-refractivity contribution in [3.8, 4) is 0 Å². The highest BCUT2D eigenvalue weighted by molar-refractivity contribution is 7.90. The van der Waals surface area contributed by atoms with Gasteiger partial charge in [0, 0.05) is 11.4 Å². The molecular formula is C19H31NO3S. The molecule has 0 aliphatic carbocycles. The maximum atomic E-state index is 12.5. The van der Waals surface area contributed by atoms with E-state index in [1.165, 1.54) is 0 Å². The average molecular weight is 354 g/mol. The van der Waals surface area contributed by atoms with Crippen LogP contribution in [0.25, 0.3) is 0 Å². The Bertz CT molecular complexity index is 558. The van der Waals surface area contributed by atoms with Crippen molar-refractivity contribution in [3.05, 3.63) is 35.4 Å². The van der Waals surface area contributed by atoms with Crippen molar-refractivity contribution < 1.29 is 14.1 Å². The Kier molecular flexibility index (Phi) is 6.91. The minimum absolute atomic E-state index is 0.104. The molecule has 0 bridgehead atoms. The molecule has 0 saturated carbocycles. The first-order valence-electron chi connectivity index (χ1n) is 8.32. The lowest BCUT2D eigenvalue weighted by molar-refractivity contribution is 0.00693. The third-order valence-corrected chi connectivity index (χ3v) is 4.92. The fourth-order valence-corrected chi connectivity index (χ4v) is 3.07. The van der Waals surface area contributed by atoms with E-state index >= 15 is 0 Å².